The van der Waals surface area contributed by atoms with Crippen LogP contribution in [-0.2, 0) is 20.9 Å². The minimum Gasteiger partial charge on any atom is -0.445 e. The molecule has 1 rings (SSSR count). The van der Waals surface area contributed by atoms with Gasteiger partial charge in [-0.1, -0.05) is 58.0 Å². The van der Waals surface area contributed by atoms with E-state index in [-0.39, 0.29) is 24.3 Å². The summed E-state index contributed by atoms with van der Waals surface area (Å²) in [4.78, 5) is 37.3. The summed E-state index contributed by atoms with van der Waals surface area (Å²) in [6.45, 7) is 7.96. The number of carbonyl (C=O) groups excluding carboxylic acids is 3. The topological polar surface area (TPSA) is 109 Å². The number of hydrogen-bond acceptors (Lipinski definition) is 5. The van der Waals surface area contributed by atoms with Crippen molar-refractivity contribution < 1.29 is 19.1 Å². The van der Waals surface area contributed by atoms with Gasteiger partial charge in [0.25, 0.3) is 5.91 Å². The Bertz CT molecular complexity index is 649. The van der Waals surface area contributed by atoms with E-state index in [1.165, 1.54) is 0 Å². The second kappa shape index (κ2) is 12.8. The van der Waals surface area contributed by atoms with Crippen molar-refractivity contribution in [3.63, 3.8) is 0 Å². The largest absolute Gasteiger partial charge is 0.445 e. The Morgan fingerprint density at radius 2 is 1.41 bits per heavy atom. The van der Waals surface area contributed by atoms with Gasteiger partial charge in [-0.25, -0.2) is 10.2 Å². The van der Waals surface area contributed by atoms with Crippen LogP contribution in [0.3, 0.4) is 0 Å². The van der Waals surface area contributed by atoms with Crippen molar-refractivity contribution in [2.24, 2.45) is 11.8 Å². The summed E-state index contributed by atoms with van der Waals surface area (Å²) < 4.78 is 5.23. The van der Waals surface area contributed by atoms with E-state index in [0.717, 1.165) is 5.56 Å². The molecule has 0 aliphatic carbocycles. The van der Waals surface area contributed by atoms with Gasteiger partial charge in [-0.3, -0.25) is 15.0 Å². The van der Waals surface area contributed by atoms with Gasteiger partial charge in [0.05, 0.1) is 0 Å². The van der Waals surface area contributed by atoms with Gasteiger partial charge in [-0.05, 0) is 30.2 Å². The molecule has 0 bridgehead atoms. The van der Waals surface area contributed by atoms with E-state index >= 15 is 0 Å². The predicted octanol–water partition coefficient (Wildman–Crippen LogP) is 2.11. The Hall–Kier alpha value is -2.61. The van der Waals surface area contributed by atoms with Gasteiger partial charge in [0, 0.05) is 7.05 Å². The van der Waals surface area contributed by atoms with E-state index in [4.69, 9.17) is 4.74 Å². The number of benzene rings is 1. The first kappa shape index (κ1) is 24.4. The van der Waals surface area contributed by atoms with Gasteiger partial charge >= 0.3 is 6.09 Å². The molecule has 8 nitrogen and oxygen atoms in total. The number of carbonyl (C=O) groups is 3. The molecule has 0 fully saturated rings. The maximum Gasteiger partial charge on any atom is 0.408 e. The highest BCUT2D eigenvalue weighted by Crippen LogP contribution is 2.09. The van der Waals surface area contributed by atoms with Crippen LogP contribution in [-0.4, -0.2) is 37.0 Å². The molecule has 0 saturated carbocycles. The molecule has 3 amide bonds. The van der Waals surface area contributed by atoms with Crippen molar-refractivity contribution in [2.75, 3.05) is 7.05 Å². The Morgan fingerprint density at radius 1 is 0.862 bits per heavy atom. The summed E-state index contributed by atoms with van der Waals surface area (Å²) in [5.74, 6) is -0.373. The quantitative estimate of drug-likeness (QED) is 0.421. The van der Waals surface area contributed by atoms with Gasteiger partial charge in [-0.2, -0.15) is 0 Å². The van der Waals surface area contributed by atoms with Crippen LogP contribution in [0, 0.1) is 11.8 Å². The number of rotatable bonds is 11. The van der Waals surface area contributed by atoms with Crippen LogP contribution >= 0.6 is 0 Å². The average molecular weight is 407 g/mol. The van der Waals surface area contributed by atoms with E-state index in [0.29, 0.717) is 12.8 Å². The monoisotopic (exact) mass is 406 g/mol. The molecular formula is C21H34N4O4. The SMILES string of the molecule is CNNC(=O)[C@H](CC(C)C)NC(=O)[C@H](CC(C)C)NC(=O)OCc1ccccc1. The Morgan fingerprint density at radius 3 is 1.93 bits per heavy atom. The van der Waals surface area contributed by atoms with Crippen molar-refractivity contribution in [3.8, 4) is 0 Å². The lowest BCUT2D eigenvalue weighted by molar-refractivity contribution is -0.131. The first-order chi connectivity index (χ1) is 13.7. The zero-order valence-corrected chi connectivity index (χ0v) is 18.0. The number of nitrogens with one attached hydrogen (secondary N) is 4. The molecule has 162 valence electrons. The number of amides is 3. The molecular weight excluding hydrogens is 372 g/mol. The molecule has 0 heterocycles. The molecule has 0 radical (unpaired) electrons. The summed E-state index contributed by atoms with van der Waals surface area (Å²) in [7, 11) is 1.58. The number of hydrazine groups is 1. The fourth-order valence-electron chi connectivity index (χ4n) is 2.80. The second-order valence-electron chi connectivity index (χ2n) is 7.82. The number of alkyl carbamates (subject to hydrolysis) is 1. The lowest BCUT2D eigenvalue weighted by Crippen LogP contribution is -2.55. The standard InChI is InChI=1S/C21H34N4O4/c1-14(2)11-17(24-21(28)29-13-16-9-7-6-8-10-16)19(26)23-18(12-15(3)4)20(27)25-22-5/h6-10,14-15,17-18,22H,11-13H2,1-5H3,(H,23,26)(H,24,28)(H,25,27)/t17-,18-/m0/s1. The second-order valence-corrected chi connectivity index (χ2v) is 7.82. The van der Waals surface area contributed by atoms with Crippen molar-refractivity contribution in [1.82, 2.24) is 21.5 Å². The van der Waals surface area contributed by atoms with Crippen LogP contribution in [0.1, 0.15) is 46.1 Å². The molecule has 0 aromatic heterocycles. The number of hydrogen-bond donors (Lipinski definition) is 4. The average Bonchev–Trinajstić information content (AvgIpc) is 2.65. The van der Waals surface area contributed by atoms with Crippen LogP contribution in [0.4, 0.5) is 4.79 Å². The van der Waals surface area contributed by atoms with Crippen LogP contribution in [0.2, 0.25) is 0 Å². The van der Waals surface area contributed by atoms with Crippen LogP contribution < -0.4 is 21.5 Å². The highest BCUT2D eigenvalue weighted by atomic mass is 16.5. The molecule has 0 aliphatic rings. The van der Waals surface area contributed by atoms with Gasteiger partial charge < -0.3 is 15.4 Å². The highest BCUT2D eigenvalue weighted by Gasteiger charge is 2.28. The maximum atomic E-state index is 12.8. The van der Waals surface area contributed by atoms with Gasteiger partial charge in [0.15, 0.2) is 0 Å². The maximum absolute atomic E-state index is 12.8. The number of ether oxygens (including phenoxy) is 1. The summed E-state index contributed by atoms with van der Waals surface area (Å²) in [6, 6.07) is 7.80. The van der Waals surface area contributed by atoms with E-state index in [1.807, 2.05) is 58.0 Å². The zero-order valence-electron chi connectivity index (χ0n) is 18.0. The van der Waals surface area contributed by atoms with Gasteiger partial charge in [-0.15, -0.1) is 0 Å². The van der Waals surface area contributed by atoms with Crippen molar-refractivity contribution in [1.29, 1.82) is 0 Å². The summed E-state index contributed by atoms with van der Waals surface area (Å²) in [5, 5.41) is 5.38. The molecule has 0 spiro atoms. The van der Waals surface area contributed by atoms with Crippen LogP contribution in [0.5, 0.6) is 0 Å². The van der Waals surface area contributed by atoms with E-state index in [2.05, 4.69) is 21.5 Å². The third-order valence-corrected chi connectivity index (χ3v) is 4.12. The fraction of sp³-hybridized carbons (Fsp3) is 0.571. The van der Waals surface area contributed by atoms with Gasteiger partial charge in [0.2, 0.25) is 5.91 Å². The normalized spacial score (nSPS) is 12.9. The molecule has 0 aliphatic heterocycles. The molecule has 1 aromatic carbocycles. The molecule has 0 saturated heterocycles. The lowest BCUT2D eigenvalue weighted by Gasteiger charge is -2.24. The first-order valence-corrected chi connectivity index (χ1v) is 9.97. The van der Waals surface area contributed by atoms with Gasteiger partial charge in [0.1, 0.15) is 18.7 Å². The summed E-state index contributed by atoms with van der Waals surface area (Å²) in [5.41, 5.74) is 5.93. The lowest BCUT2D eigenvalue weighted by atomic mass is 10.0. The van der Waals surface area contributed by atoms with E-state index in [1.54, 1.807) is 7.05 Å². The smallest absolute Gasteiger partial charge is 0.408 e. The van der Waals surface area contributed by atoms with Crippen LogP contribution in [0.25, 0.3) is 0 Å². The van der Waals surface area contributed by atoms with Crippen molar-refractivity contribution in [3.05, 3.63) is 35.9 Å². The molecule has 1 aromatic rings. The van der Waals surface area contributed by atoms with E-state index < -0.39 is 24.1 Å². The third-order valence-electron chi connectivity index (χ3n) is 4.12. The third kappa shape index (κ3) is 9.94. The minimum absolute atomic E-state index is 0.114. The highest BCUT2D eigenvalue weighted by molar-refractivity contribution is 5.91. The summed E-state index contributed by atoms with van der Waals surface area (Å²) in [6.07, 6.45) is 0.232. The van der Waals surface area contributed by atoms with E-state index in [9.17, 15) is 14.4 Å². The Balaban J connectivity index is 2.74. The molecule has 29 heavy (non-hydrogen) atoms. The molecule has 4 N–H and O–H groups in total. The molecule has 0 unspecified atom stereocenters. The van der Waals surface area contributed by atoms with Crippen molar-refractivity contribution >= 4 is 17.9 Å². The molecule has 8 heteroatoms. The van der Waals surface area contributed by atoms with Crippen LogP contribution in [0.15, 0.2) is 30.3 Å². The molecule has 2 atom stereocenters. The van der Waals surface area contributed by atoms with Crippen molar-refractivity contribution in [2.45, 2.75) is 59.2 Å². The Labute approximate surface area is 173 Å². The predicted molar refractivity (Wildman–Crippen MR) is 112 cm³/mol. The first-order valence-electron chi connectivity index (χ1n) is 9.97. The zero-order chi connectivity index (χ0) is 21.8. The fourth-order valence-corrected chi connectivity index (χ4v) is 2.80. The Kier molecular flexibility index (Phi) is 10.8. The summed E-state index contributed by atoms with van der Waals surface area (Å²) >= 11 is 0. The minimum atomic E-state index is -0.796.